The molecule has 8 nitrogen and oxygen atoms in total. The van der Waals surface area contributed by atoms with Crippen LogP contribution in [0.25, 0.3) is 0 Å². The molecule has 2 rings (SSSR count). The number of aliphatic carboxylic acids is 1. The van der Waals surface area contributed by atoms with Crippen molar-refractivity contribution in [3.63, 3.8) is 0 Å². The monoisotopic (exact) mass is 314 g/mol. The maximum absolute atomic E-state index is 12.3. The van der Waals surface area contributed by atoms with E-state index in [0.717, 1.165) is 6.07 Å². The Morgan fingerprint density at radius 1 is 1.43 bits per heavy atom. The van der Waals surface area contributed by atoms with Crippen LogP contribution in [0.4, 0.5) is 0 Å². The van der Waals surface area contributed by atoms with Crippen LogP contribution in [0.3, 0.4) is 0 Å². The summed E-state index contributed by atoms with van der Waals surface area (Å²) in [7, 11) is -3.36. The van der Waals surface area contributed by atoms with E-state index in [1.54, 1.807) is 0 Å². The van der Waals surface area contributed by atoms with Gasteiger partial charge in [0.15, 0.2) is 9.84 Å². The molecule has 9 heteroatoms. The van der Waals surface area contributed by atoms with Crippen molar-refractivity contribution in [2.24, 2.45) is 0 Å². The lowest BCUT2D eigenvalue weighted by Crippen LogP contribution is -2.52. The Bertz CT molecular complexity index is 723. The highest BCUT2D eigenvalue weighted by Gasteiger charge is 2.35. The van der Waals surface area contributed by atoms with Crippen LogP contribution in [-0.4, -0.2) is 59.4 Å². The summed E-state index contributed by atoms with van der Waals surface area (Å²) in [6.45, 7) is -0.0775. The first-order valence-corrected chi connectivity index (χ1v) is 8.02. The number of H-pyrrole nitrogens is 1. The molecule has 1 aromatic heterocycles. The summed E-state index contributed by atoms with van der Waals surface area (Å²) in [5.74, 6) is -2.31. The Kier molecular flexibility index (Phi) is 4.12. The normalized spacial score (nSPS) is 21.0. The molecular formula is C12H14N2O6S. The van der Waals surface area contributed by atoms with Crippen molar-refractivity contribution in [1.29, 1.82) is 0 Å². The summed E-state index contributed by atoms with van der Waals surface area (Å²) in [5.41, 5.74) is -0.353. The first-order valence-electron chi connectivity index (χ1n) is 6.20. The van der Waals surface area contributed by atoms with Crippen LogP contribution in [0.2, 0.25) is 0 Å². The quantitative estimate of drug-likeness (QED) is 0.744. The average molecular weight is 314 g/mol. The van der Waals surface area contributed by atoms with Crippen molar-refractivity contribution in [2.75, 3.05) is 18.1 Å². The number of carboxylic acid groups (broad SMARTS) is 1. The van der Waals surface area contributed by atoms with Gasteiger partial charge in [-0.2, -0.15) is 0 Å². The number of aromatic nitrogens is 1. The minimum atomic E-state index is -3.36. The van der Waals surface area contributed by atoms with Crippen LogP contribution in [0.15, 0.2) is 23.1 Å². The minimum absolute atomic E-state index is 0.0775. The molecule has 114 valence electrons. The van der Waals surface area contributed by atoms with Gasteiger partial charge in [0.2, 0.25) is 5.56 Å². The topological polar surface area (TPSA) is 125 Å². The highest BCUT2D eigenvalue weighted by atomic mass is 32.2. The number of rotatable bonds is 3. The molecule has 1 aromatic rings. The van der Waals surface area contributed by atoms with Crippen molar-refractivity contribution in [2.45, 2.75) is 12.5 Å². The molecule has 1 atom stereocenters. The molecule has 1 aliphatic heterocycles. The van der Waals surface area contributed by atoms with E-state index in [4.69, 9.17) is 5.11 Å². The second-order valence-corrected chi connectivity index (χ2v) is 7.03. The smallest absolute Gasteiger partial charge is 0.305 e. The number of carboxylic acids is 1. The molecule has 2 N–H and O–H groups in total. The number of sulfone groups is 1. The van der Waals surface area contributed by atoms with Crippen LogP contribution in [0.1, 0.15) is 16.8 Å². The van der Waals surface area contributed by atoms with E-state index in [0.29, 0.717) is 0 Å². The molecular weight excluding hydrogens is 300 g/mol. The fourth-order valence-corrected chi connectivity index (χ4v) is 3.79. The first kappa shape index (κ1) is 15.2. The number of carbonyl (C=O) groups is 2. The SMILES string of the molecule is O=C(O)CC1CS(=O)(=O)CCN1C(=O)c1cc[nH]c(=O)c1. The predicted octanol–water partition coefficient (Wildman–Crippen LogP) is -0.911. The second kappa shape index (κ2) is 5.68. The molecule has 1 amide bonds. The molecule has 1 fully saturated rings. The van der Waals surface area contributed by atoms with Gasteiger partial charge in [0.25, 0.3) is 5.91 Å². The molecule has 0 aromatic carbocycles. The summed E-state index contributed by atoms with van der Waals surface area (Å²) in [5, 5.41) is 8.86. The fourth-order valence-electron chi connectivity index (χ4n) is 2.27. The number of hydrogen-bond donors (Lipinski definition) is 2. The Hall–Kier alpha value is -2.16. The summed E-state index contributed by atoms with van der Waals surface area (Å²) >= 11 is 0. The van der Waals surface area contributed by atoms with Gasteiger partial charge >= 0.3 is 5.97 Å². The van der Waals surface area contributed by atoms with Crippen molar-refractivity contribution in [1.82, 2.24) is 9.88 Å². The van der Waals surface area contributed by atoms with E-state index >= 15 is 0 Å². The van der Waals surface area contributed by atoms with E-state index in [9.17, 15) is 22.8 Å². The Morgan fingerprint density at radius 3 is 2.76 bits per heavy atom. The van der Waals surface area contributed by atoms with Gasteiger partial charge in [-0.3, -0.25) is 14.4 Å². The Balaban J connectivity index is 2.29. The van der Waals surface area contributed by atoms with E-state index in [1.165, 1.54) is 17.2 Å². The number of carbonyl (C=O) groups excluding carboxylic acids is 1. The molecule has 1 saturated heterocycles. The predicted molar refractivity (Wildman–Crippen MR) is 72.8 cm³/mol. The minimum Gasteiger partial charge on any atom is -0.481 e. The Morgan fingerprint density at radius 2 is 2.14 bits per heavy atom. The number of nitrogens with one attached hydrogen (secondary N) is 1. The number of nitrogens with zero attached hydrogens (tertiary/aromatic N) is 1. The zero-order valence-corrected chi connectivity index (χ0v) is 11.8. The lowest BCUT2D eigenvalue weighted by molar-refractivity contribution is -0.138. The lowest BCUT2D eigenvalue weighted by atomic mass is 10.1. The van der Waals surface area contributed by atoms with Crippen LogP contribution >= 0.6 is 0 Å². The molecule has 21 heavy (non-hydrogen) atoms. The summed E-state index contributed by atoms with van der Waals surface area (Å²) < 4.78 is 23.2. The molecule has 2 heterocycles. The number of hydrogen-bond acceptors (Lipinski definition) is 5. The van der Waals surface area contributed by atoms with Crippen LogP contribution in [-0.2, 0) is 14.6 Å². The molecule has 0 bridgehead atoms. The van der Waals surface area contributed by atoms with Gasteiger partial charge in [0.1, 0.15) is 0 Å². The van der Waals surface area contributed by atoms with Gasteiger partial charge in [-0.05, 0) is 6.07 Å². The molecule has 0 spiro atoms. The van der Waals surface area contributed by atoms with Gasteiger partial charge in [0, 0.05) is 24.4 Å². The van der Waals surface area contributed by atoms with E-state index < -0.39 is 39.7 Å². The number of pyridine rings is 1. The van der Waals surface area contributed by atoms with Crippen molar-refractivity contribution in [3.05, 3.63) is 34.2 Å². The lowest BCUT2D eigenvalue weighted by Gasteiger charge is -2.34. The zero-order chi connectivity index (χ0) is 15.6. The molecule has 0 saturated carbocycles. The van der Waals surface area contributed by atoms with E-state index in [-0.39, 0.29) is 23.6 Å². The van der Waals surface area contributed by atoms with Crippen molar-refractivity contribution < 1.29 is 23.1 Å². The van der Waals surface area contributed by atoms with Crippen molar-refractivity contribution in [3.8, 4) is 0 Å². The molecule has 1 aliphatic rings. The third kappa shape index (κ3) is 3.69. The van der Waals surface area contributed by atoms with Gasteiger partial charge in [-0.15, -0.1) is 0 Å². The summed E-state index contributed by atoms with van der Waals surface area (Å²) in [4.78, 5) is 38.0. The largest absolute Gasteiger partial charge is 0.481 e. The third-order valence-electron chi connectivity index (χ3n) is 3.22. The highest BCUT2D eigenvalue weighted by Crippen LogP contribution is 2.17. The van der Waals surface area contributed by atoms with E-state index in [2.05, 4.69) is 4.98 Å². The van der Waals surface area contributed by atoms with Gasteiger partial charge in [0.05, 0.1) is 24.0 Å². The number of amides is 1. The standard InChI is InChI=1S/C12H14N2O6S/c15-10-5-8(1-2-13-10)12(18)14-3-4-21(19,20)7-9(14)6-11(16)17/h1-2,5,9H,3-4,6-7H2,(H,13,15)(H,16,17). The summed E-state index contributed by atoms with van der Waals surface area (Å²) in [6.07, 6.45) is 0.858. The average Bonchev–Trinajstić information content (AvgIpc) is 2.36. The van der Waals surface area contributed by atoms with Crippen molar-refractivity contribution >= 4 is 21.7 Å². The maximum Gasteiger partial charge on any atom is 0.305 e. The van der Waals surface area contributed by atoms with Crippen LogP contribution < -0.4 is 5.56 Å². The fraction of sp³-hybridized carbons (Fsp3) is 0.417. The van der Waals surface area contributed by atoms with E-state index in [1.807, 2.05) is 0 Å². The molecule has 0 aliphatic carbocycles. The molecule has 1 unspecified atom stereocenters. The second-order valence-electron chi connectivity index (χ2n) is 4.81. The van der Waals surface area contributed by atoms with Gasteiger partial charge in [-0.25, -0.2) is 8.42 Å². The van der Waals surface area contributed by atoms with Gasteiger partial charge in [-0.1, -0.05) is 0 Å². The van der Waals surface area contributed by atoms with Crippen LogP contribution in [0, 0.1) is 0 Å². The first-order chi connectivity index (χ1) is 9.78. The maximum atomic E-state index is 12.3. The highest BCUT2D eigenvalue weighted by molar-refractivity contribution is 7.91. The number of aromatic amines is 1. The van der Waals surface area contributed by atoms with Crippen LogP contribution in [0.5, 0.6) is 0 Å². The summed E-state index contributed by atoms with van der Waals surface area (Å²) in [6, 6.07) is 1.57. The molecule has 0 radical (unpaired) electrons. The van der Waals surface area contributed by atoms with Gasteiger partial charge < -0.3 is 15.0 Å². The zero-order valence-electron chi connectivity index (χ0n) is 11.0. The third-order valence-corrected chi connectivity index (χ3v) is 4.92. The Labute approximate surface area is 120 Å².